The zero-order valence-electron chi connectivity index (χ0n) is 8.75. The summed E-state index contributed by atoms with van der Waals surface area (Å²) in [5, 5.41) is 5.50. The molecule has 2 N–H and O–H groups in total. The van der Waals surface area contributed by atoms with Gasteiger partial charge in [0.25, 0.3) is 0 Å². The first-order valence-corrected chi connectivity index (χ1v) is 4.70. The molecule has 0 aliphatic carbocycles. The molecule has 82 valence electrons. The first-order valence-electron chi connectivity index (χ1n) is 4.70. The predicted octanol–water partition coefficient (Wildman–Crippen LogP) is 1.01. The van der Waals surface area contributed by atoms with Crippen LogP contribution in [-0.2, 0) is 4.79 Å². The summed E-state index contributed by atoms with van der Waals surface area (Å²) in [5.41, 5.74) is 0. The summed E-state index contributed by atoms with van der Waals surface area (Å²) in [6, 6.07) is 2.69. The van der Waals surface area contributed by atoms with Crippen LogP contribution in [0.4, 0.5) is 10.2 Å². The highest BCUT2D eigenvalue weighted by Crippen LogP contribution is 2.05. The lowest BCUT2D eigenvalue weighted by molar-refractivity contribution is -0.119. The topological polar surface area (TPSA) is 54.0 Å². The van der Waals surface area contributed by atoms with Crippen LogP contribution in [0.2, 0.25) is 0 Å². The maximum Gasteiger partial charge on any atom is 0.229 e. The van der Waals surface area contributed by atoms with E-state index in [9.17, 15) is 9.18 Å². The SMILES string of the molecule is CNCC(C)C(=O)Nc1ccc(F)cn1. The number of anilines is 1. The van der Waals surface area contributed by atoms with Gasteiger partial charge in [-0.2, -0.15) is 0 Å². The number of carbonyl (C=O) groups is 1. The normalized spacial score (nSPS) is 12.2. The Morgan fingerprint density at radius 3 is 2.87 bits per heavy atom. The number of nitrogens with one attached hydrogen (secondary N) is 2. The van der Waals surface area contributed by atoms with Gasteiger partial charge >= 0.3 is 0 Å². The molecule has 0 saturated heterocycles. The van der Waals surface area contributed by atoms with Crippen LogP contribution in [-0.4, -0.2) is 24.5 Å². The van der Waals surface area contributed by atoms with Crippen LogP contribution in [0.15, 0.2) is 18.3 Å². The fourth-order valence-electron chi connectivity index (χ4n) is 1.10. The van der Waals surface area contributed by atoms with Gasteiger partial charge in [0.15, 0.2) is 0 Å². The number of rotatable bonds is 4. The Balaban J connectivity index is 2.54. The number of pyridine rings is 1. The van der Waals surface area contributed by atoms with Crippen molar-refractivity contribution in [2.24, 2.45) is 5.92 Å². The van der Waals surface area contributed by atoms with Crippen molar-refractivity contribution in [1.29, 1.82) is 0 Å². The first-order chi connectivity index (χ1) is 7.13. The quantitative estimate of drug-likeness (QED) is 0.781. The van der Waals surface area contributed by atoms with Crippen molar-refractivity contribution in [3.63, 3.8) is 0 Å². The minimum atomic E-state index is -0.420. The Morgan fingerprint density at radius 1 is 1.60 bits per heavy atom. The zero-order valence-corrected chi connectivity index (χ0v) is 8.75. The van der Waals surface area contributed by atoms with Crippen molar-refractivity contribution in [3.8, 4) is 0 Å². The van der Waals surface area contributed by atoms with Gasteiger partial charge in [0.2, 0.25) is 5.91 Å². The molecular formula is C10H14FN3O. The van der Waals surface area contributed by atoms with Gasteiger partial charge in [-0.1, -0.05) is 6.92 Å². The molecule has 0 fully saturated rings. The largest absolute Gasteiger partial charge is 0.319 e. The van der Waals surface area contributed by atoms with E-state index in [4.69, 9.17) is 0 Å². The van der Waals surface area contributed by atoms with Gasteiger partial charge in [0.1, 0.15) is 11.6 Å². The summed E-state index contributed by atoms with van der Waals surface area (Å²) in [7, 11) is 1.78. The molecule has 1 aromatic heterocycles. The van der Waals surface area contributed by atoms with Crippen LogP contribution in [0.5, 0.6) is 0 Å². The fourth-order valence-corrected chi connectivity index (χ4v) is 1.10. The Labute approximate surface area is 87.9 Å². The van der Waals surface area contributed by atoms with Gasteiger partial charge in [-0.25, -0.2) is 9.37 Å². The van der Waals surface area contributed by atoms with E-state index in [1.165, 1.54) is 12.1 Å². The Morgan fingerprint density at radius 2 is 2.33 bits per heavy atom. The molecule has 0 bridgehead atoms. The average molecular weight is 211 g/mol. The van der Waals surface area contributed by atoms with Crippen LogP contribution in [0.25, 0.3) is 0 Å². The van der Waals surface area contributed by atoms with E-state index < -0.39 is 5.82 Å². The van der Waals surface area contributed by atoms with Gasteiger partial charge in [-0.15, -0.1) is 0 Å². The zero-order chi connectivity index (χ0) is 11.3. The van der Waals surface area contributed by atoms with Crippen molar-refractivity contribution < 1.29 is 9.18 Å². The highest BCUT2D eigenvalue weighted by Gasteiger charge is 2.11. The van der Waals surface area contributed by atoms with Crippen molar-refractivity contribution in [1.82, 2.24) is 10.3 Å². The summed E-state index contributed by atoms with van der Waals surface area (Å²) in [6.07, 6.45) is 1.07. The van der Waals surface area contributed by atoms with Crippen LogP contribution < -0.4 is 10.6 Å². The van der Waals surface area contributed by atoms with Crippen LogP contribution in [0.3, 0.4) is 0 Å². The molecule has 0 aliphatic rings. The lowest BCUT2D eigenvalue weighted by Crippen LogP contribution is -2.28. The number of carbonyl (C=O) groups excluding carboxylic acids is 1. The Kier molecular flexibility index (Phi) is 4.17. The third-order valence-electron chi connectivity index (χ3n) is 1.94. The number of aromatic nitrogens is 1. The molecule has 1 unspecified atom stereocenters. The minimum absolute atomic E-state index is 0.136. The van der Waals surface area contributed by atoms with Gasteiger partial charge in [-0.3, -0.25) is 4.79 Å². The van der Waals surface area contributed by atoms with Crippen molar-refractivity contribution in [2.75, 3.05) is 18.9 Å². The van der Waals surface area contributed by atoms with E-state index in [2.05, 4.69) is 15.6 Å². The molecule has 0 aromatic carbocycles. The van der Waals surface area contributed by atoms with E-state index in [0.717, 1.165) is 6.20 Å². The average Bonchev–Trinajstić information content (AvgIpc) is 2.22. The molecule has 15 heavy (non-hydrogen) atoms. The first kappa shape index (κ1) is 11.6. The number of hydrogen-bond acceptors (Lipinski definition) is 3. The summed E-state index contributed by atoms with van der Waals surface area (Å²) in [5.74, 6) is -0.342. The molecule has 1 amide bonds. The number of hydrogen-bond donors (Lipinski definition) is 2. The van der Waals surface area contributed by atoms with Crippen molar-refractivity contribution in [3.05, 3.63) is 24.1 Å². The van der Waals surface area contributed by atoms with Gasteiger partial charge in [0, 0.05) is 12.5 Å². The summed E-state index contributed by atoms with van der Waals surface area (Å²) >= 11 is 0. The second-order valence-electron chi connectivity index (χ2n) is 3.31. The molecule has 1 aromatic rings. The van der Waals surface area contributed by atoms with Crippen LogP contribution >= 0.6 is 0 Å². The number of amides is 1. The molecule has 0 saturated carbocycles. The van der Waals surface area contributed by atoms with Crippen LogP contribution in [0, 0.1) is 11.7 Å². The molecule has 4 nitrogen and oxygen atoms in total. The summed E-state index contributed by atoms with van der Waals surface area (Å²) in [4.78, 5) is 15.2. The molecule has 1 rings (SSSR count). The summed E-state index contributed by atoms with van der Waals surface area (Å²) in [6.45, 7) is 2.39. The second kappa shape index (κ2) is 5.41. The highest BCUT2D eigenvalue weighted by atomic mass is 19.1. The highest BCUT2D eigenvalue weighted by molar-refractivity contribution is 5.91. The van der Waals surface area contributed by atoms with Gasteiger partial charge in [-0.05, 0) is 19.2 Å². The summed E-state index contributed by atoms with van der Waals surface area (Å²) < 4.78 is 12.5. The van der Waals surface area contributed by atoms with Crippen molar-refractivity contribution in [2.45, 2.75) is 6.92 Å². The Hall–Kier alpha value is -1.49. The van der Waals surface area contributed by atoms with Crippen molar-refractivity contribution >= 4 is 11.7 Å². The van der Waals surface area contributed by atoms with Crippen LogP contribution in [0.1, 0.15) is 6.92 Å². The molecule has 0 spiro atoms. The van der Waals surface area contributed by atoms with E-state index in [0.29, 0.717) is 12.4 Å². The number of nitrogens with zero attached hydrogens (tertiary/aromatic N) is 1. The molecule has 0 radical (unpaired) electrons. The van der Waals surface area contributed by atoms with Gasteiger partial charge in [0.05, 0.1) is 6.20 Å². The predicted molar refractivity (Wildman–Crippen MR) is 55.9 cm³/mol. The maximum atomic E-state index is 12.5. The Bertz CT molecular complexity index is 326. The molecule has 0 aliphatic heterocycles. The fraction of sp³-hybridized carbons (Fsp3) is 0.400. The lowest BCUT2D eigenvalue weighted by atomic mass is 10.1. The molecule has 1 heterocycles. The third-order valence-corrected chi connectivity index (χ3v) is 1.94. The van der Waals surface area contributed by atoms with E-state index in [-0.39, 0.29) is 11.8 Å². The second-order valence-corrected chi connectivity index (χ2v) is 3.31. The molecule has 5 heteroatoms. The van der Waals surface area contributed by atoms with E-state index in [1.807, 2.05) is 0 Å². The monoisotopic (exact) mass is 211 g/mol. The lowest BCUT2D eigenvalue weighted by Gasteiger charge is -2.10. The maximum absolute atomic E-state index is 12.5. The molecular weight excluding hydrogens is 197 g/mol. The standard InChI is InChI=1S/C10H14FN3O/c1-7(5-12-2)10(15)14-9-4-3-8(11)6-13-9/h3-4,6-7,12H,5H2,1-2H3,(H,13,14,15). The molecule has 1 atom stereocenters. The van der Waals surface area contributed by atoms with E-state index >= 15 is 0 Å². The minimum Gasteiger partial charge on any atom is -0.319 e. The third kappa shape index (κ3) is 3.63. The smallest absolute Gasteiger partial charge is 0.229 e. The number of halogens is 1. The van der Waals surface area contributed by atoms with Gasteiger partial charge < -0.3 is 10.6 Å². The van der Waals surface area contributed by atoms with E-state index in [1.54, 1.807) is 14.0 Å².